The van der Waals surface area contributed by atoms with E-state index in [0.29, 0.717) is 5.82 Å². The van der Waals surface area contributed by atoms with E-state index < -0.39 is 0 Å². The normalized spacial score (nSPS) is 11.6. The van der Waals surface area contributed by atoms with Crippen molar-refractivity contribution in [2.45, 2.75) is 0 Å². The Balaban J connectivity index is 1.07. The van der Waals surface area contributed by atoms with Gasteiger partial charge in [0.25, 0.3) is 0 Å². The van der Waals surface area contributed by atoms with Gasteiger partial charge in [-0.15, -0.1) is 0 Å². The number of hydrogen-bond donors (Lipinski definition) is 0. The lowest BCUT2D eigenvalue weighted by atomic mass is 9.89. The summed E-state index contributed by atoms with van der Waals surface area (Å²) in [6.45, 7) is 0. The molecule has 0 amide bonds. The monoisotopic (exact) mass is 710 g/mol. The Hall–Kier alpha value is -7.42. The highest BCUT2D eigenvalue weighted by Gasteiger charge is 2.15. The summed E-state index contributed by atoms with van der Waals surface area (Å²) in [6, 6.07) is 74.1. The molecule has 0 spiro atoms. The molecule has 0 bridgehead atoms. The average molecular weight is 711 g/mol. The van der Waals surface area contributed by atoms with Crippen molar-refractivity contribution < 1.29 is 0 Å². The topological polar surface area (TPSA) is 25.8 Å². The summed E-state index contributed by atoms with van der Waals surface area (Å²) in [7, 11) is 0. The number of nitrogens with zero attached hydrogens (tertiary/aromatic N) is 2. The van der Waals surface area contributed by atoms with Crippen molar-refractivity contribution in [3.05, 3.63) is 206 Å². The maximum atomic E-state index is 5.27. The second kappa shape index (κ2) is 13.2. The van der Waals surface area contributed by atoms with Crippen LogP contribution < -0.4 is 0 Å². The highest BCUT2D eigenvalue weighted by molar-refractivity contribution is 6.20. The molecule has 0 saturated carbocycles. The van der Waals surface area contributed by atoms with Gasteiger partial charge in [-0.05, 0) is 100 Å². The van der Waals surface area contributed by atoms with Crippen LogP contribution in [0.1, 0.15) is 0 Å². The standard InChI is InChI=1S/C54H34N2/c1-2-11-35(12-3-1)40-16-10-17-43(31-40)51-34-52(44-28-29-47-42(32-44)26-21-36-13-4-7-18-45(36)47)56-54(55-51)39-24-22-38(23-25-39)53-48-20-9-6-15-41(48)33-50-46-19-8-5-14-37(46)27-30-49(50)53/h1-34H. The molecule has 10 aromatic carbocycles. The van der Waals surface area contributed by atoms with Gasteiger partial charge in [0.2, 0.25) is 0 Å². The molecule has 2 nitrogen and oxygen atoms in total. The van der Waals surface area contributed by atoms with Crippen molar-refractivity contribution in [2.24, 2.45) is 0 Å². The van der Waals surface area contributed by atoms with Crippen LogP contribution >= 0.6 is 0 Å². The van der Waals surface area contributed by atoms with Gasteiger partial charge in [0.15, 0.2) is 5.82 Å². The molecule has 260 valence electrons. The van der Waals surface area contributed by atoms with Gasteiger partial charge >= 0.3 is 0 Å². The minimum atomic E-state index is 0.696. The van der Waals surface area contributed by atoms with Gasteiger partial charge in [0, 0.05) is 16.7 Å². The fourth-order valence-electron chi connectivity index (χ4n) is 8.45. The Kier molecular flexibility index (Phi) is 7.53. The second-order valence-electron chi connectivity index (χ2n) is 14.6. The van der Waals surface area contributed by atoms with Crippen LogP contribution in [0, 0.1) is 0 Å². The molecular weight excluding hydrogens is 677 g/mol. The van der Waals surface area contributed by atoms with Gasteiger partial charge in [0.05, 0.1) is 11.4 Å². The lowest BCUT2D eigenvalue weighted by molar-refractivity contribution is 1.18. The number of hydrogen-bond acceptors (Lipinski definition) is 2. The van der Waals surface area contributed by atoms with Gasteiger partial charge < -0.3 is 0 Å². The zero-order valence-corrected chi connectivity index (χ0v) is 30.5. The average Bonchev–Trinajstić information content (AvgIpc) is 3.28. The van der Waals surface area contributed by atoms with Crippen LogP contribution in [0.15, 0.2) is 206 Å². The lowest BCUT2D eigenvalue weighted by Crippen LogP contribution is -1.96. The summed E-state index contributed by atoms with van der Waals surface area (Å²) in [4.78, 5) is 10.5. The first-order valence-corrected chi connectivity index (χ1v) is 19.1. The van der Waals surface area contributed by atoms with Crippen molar-refractivity contribution >= 4 is 53.9 Å². The molecule has 0 aliphatic heterocycles. The summed E-state index contributed by atoms with van der Waals surface area (Å²) < 4.78 is 0. The molecular formula is C54H34N2. The Labute approximate surface area is 325 Å². The van der Waals surface area contributed by atoms with Crippen molar-refractivity contribution in [2.75, 3.05) is 0 Å². The zero-order chi connectivity index (χ0) is 37.0. The molecule has 11 aromatic rings. The molecule has 56 heavy (non-hydrogen) atoms. The Bertz CT molecular complexity index is 3290. The predicted molar refractivity (Wildman–Crippen MR) is 237 cm³/mol. The largest absolute Gasteiger partial charge is 0.228 e. The van der Waals surface area contributed by atoms with E-state index in [2.05, 4.69) is 206 Å². The van der Waals surface area contributed by atoms with E-state index in [1.54, 1.807) is 0 Å². The summed E-state index contributed by atoms with van der Waals surface area (Å²) in [5, 5.41) is 12.4. The first-order valence-electron chi connectivity index (χ1n) is 19.1. The zero-order valence-electron chi connectivity index (χ0n) is 30.5. The van der Waals surface area contributed by atoms with Crippen molar-refractivity contribution in [1.29, 1.82) is 0 Å². The number of fused-ring (bicyclic) bond motifs is 7. The van der Waals surface area contributed by atoms with Crippen LogP contribution in [0.5, 0.6) is 0 Å². The molecule has 0 atom stereocenters. The molecule has 0 N–H and O–H groups in total. The molecule has 0 radical (unpaired) electrons. The van der Waals surface area contributed by atoms with Gasteiger partial charge in [-0.3, -0.25) is 0 Å². The molecule has 0 saturated heterocycles. The molecule has 1 heterocycles. The van der Waals surface area contributed by atoms with Gasteiger partial charge in [-0.1, -0.05) is 182 Å². The predicted octanol–water partition coefficient (Wildman–Crippen LogP) is 14.6. The second-order valence-corrected chi connectivity index (χ2v) is 14.6. The van der Waals surface area contributed by atoms with E-state index >= 15 is 0 Å². The highest BCUT2D eigenvalue weighted by Crippen LogP contribution is 2.40. The SMILES string of the molecule is c1ccc(-c2cccc(-c3cc(-c4ccc5c(ccc6ccccc65)c4)nc(-c4ccc(-c5c6ccccc6cc6c5ccc5ccccc56)cc4)n3)c2)cc1. The quantitative estimate of drug-likeness (QED) is 0.131. The Morgan fingerprint density at radius 3 is 1.50 bits per heavy atom. The van der Waals surface area contributed by atoms with Crippen LogP contribution in [-0.2, 0) is 0 Å². The summed E-state index contributed by atoms with van der Waals surface area (Å²) in [5.74, 6) is 0.696. The molecule has 2 heteroatoms. The summed E-state index contributed by atoms with van der Waals surface area (Å²) in [6.07, 6.45) is 0. The molecule has 0 unspecified atom stereocenters. The molecule has 11 rings (SSSR count). The van der Waals surface area contributed by atoms with Gasteiger partial charge in [-0.2, -0.15) is 0 Å². The maximum absolute atomic E-state index is 5.27. The van der Waals surface area contributed by atoms with Crippen molar-refractivity contribution in [3.8, 4) is 56.2 Å². The van der Waals surface area contributed by atoms with Crippen LogP contribution in [-0.4, -0.2) is 9.97 Å². The van der Waals surface area contributed by atoms with E-state index in [-0.39, 0.29) is 0 Å². The maximum Gasteiger partial charge on any atom is 0.160 e. The lowest BCUT2D eigenvalue weighted by Gasteiger charge is -2.15. The first kappa shape index (κ1) is 32.0. The Morgan fingerprint density at radius 2 is 0.732 bits per heavy atom. The first-order chi connectivity index (χ1) is 27.7. The molecule has 0 fully saturated rings. The summed E-state index contributed by atoms with van der Waals surface area (Å²) in [5.41, 5.74) is 9.59. The Morgan fingerprint density at radius 1 is 0.232 bits per heavy atom. The highest BCUT2D eigenvalue weighted by atomic mass is 14.9. The number of benzene rings is 10. The van der Waals surface area contributed by atoms with Gasteiger partial charge in [0.1, 0.15) is 0 Å². The third-order valence-electron chi connectivity index (χ3n) is 11.2. The van der Waals surface area contributed by atoms with Crippen LogP contribution in [0.2, 0.25) is 0 Å². The minimum Gasteiger partial charge on any atom is -0.228 e. The van der Waals surface area contributed by atoms with E-state index in [4.69, 9.17) is 9.97 Å². The van der Waals surface area contributed by atoms with Crippen molar-refractivity contribution in [1.82, 2.24) is 9.97 Å². The number of aromatic nitrogens is 2. The van der Waals surface area contributed by atoms with E-state index in [1.807, 2.05) is 0 Å². The third kappa shape index (κ3) is 5.51. The smallest absolute Gasteiger partial charge is 0.160 e. The fraction of sp³-hybridized carbons (Fsp3) is 0. The van der Waals surface area contributed by atoms with Crippen LogP contribution in [0.3, 0.4) is 0 Å². The fourth-order valence-corrected chi connectivity index (χ4v) is 8.45. The molecule has 0 aliphatic rings. The minimum absolute atomic E-state index is 0.696. The summed E-state index contributed by atoms with van der Waals surface area (Å²) >= 11 is 0. The van der Waals surface area contributed by atoms with Gasteiger partial charge in [-0.25, -0.2) is 9.97 Å². The third-order valence-corrected chi connectivity index (χ3v) is 11.2. The van der Waals surface area contributed by atoms with Crippen molar-refractivity contribution in [3.63, 3.8) is 0 Å². The van der Waals surface area contributed by atoms with Crippen LogP contribution in [0.4, 0.5) is 0 Å². The molecule has 0 aliphatic carbocycles. The van der Waals surface area contributed by atoms with E-state index in [0.717, 1.165) is 33.6 Å². The van der Waals surface area contributed by atoms with Crippen LogP contribution in [0.25, 0.3) is 110 Å². The van der Waals surface area contributed by atoms with E-state index in [1.165, 1.54) is 70.6 Å². The molecule has 1 aromatic heterocycles. The van der Waals surface area contributed by atoms with E-state index in [9.17, 15) is 0 Å². The number of rotatable bonds is 5.